The molecule has 1 heterocycles. The summed E-state index contributed by atoms with van der Waals surface area (Å²) >= 11 is 0. The first-order chi connectivity index (χ1) is 20.9. The van der Waals surface area contributed by atoms with E-state index in [1.165, 1.54) is 0 Å². The van der Waals surface area contributed by atoms with Crippen LogP contribution >= 0.6 is 0 Å². The maximum atomic E-state index is 14.0. The van der Waals surface area contributed by atoms with Crippen LogP contribution in [0.5, 0.6) is 17.2 Å². The molecule has 0 radical (unpaired) electrons. The van der Waals surface area contributed by atoms with Crippen LogP contribution in [0.1, 0.15) is 68.1 Å². The topological polar surface area (TPSA) is 83.4 Å². The van der Waals surface area contributed by atoms with Crippen LogP contribution < -0.4 is 14.2 Å². The fourth-order valence-electron chi connectivity index (χ4n) is 6.01. The first kappa shape index (κ1) is 30.1. The molecule has 224 valence electrons. The molecule has 0 fully saturated rings. The predicted molar refractivity (Wildman–Crippen MR) is 166 cm³/mol. The van der Waals surface area contributed by atoms with Crippen LogP contribution in [0.25, 0.3) is 0 Å². The number of Topliss-reactive ketones (excluding diaryl/α,β-unsaturated/α-hetero) is 1. The summed E-state index contributed by atoms with van der Waals surface area (Å²) in [5.74, 6) is 0.294. The molecule has 0 N–H and O–H groups in total. The summed E-state index contributed by atoms with van der Waals surface area (Å²) in [5, 5.41) is 0. The lowest BCUT2D eigenvalue weighted by Crippen LogP contribution is -2.38. The van der Waals surface area contributed by atoms with E-state index in [-0.39, 0.29) is 17.7 Å². The minimum Gasteiger partial charge on any atom is -0.493 e. The molecule has 2 aliphatic rings. The van der Waals surface area contributed by atoms with Crippen molar-refractivity contribution in [1.29, 1.82) is 0 Å². The van der Waals surface area contributed by atoms with Crippen molar-refractivity contribution in [3.8, 4) is 17.2 Å². The predicted octanol–water partition coefficient (Wildman–Crippen LogP) is 7.20. The van der Waals surface area contributed by atoms with Crippen LogP contribution in [-0.2, 0) is 20.9 Å². The largest absolute Gasteiger partial charge is 0.493 e. The van der Waals surface area contributed by atoms with Gasteiger partial charge in [-0.25, -0.2) is 0 Å². The van der Waals surface area contributed by atoms with Gasteiger partial charge in [-0.2, -0.15) is 0 Å². The molecule has 3 aromatic rings. The van der Waals surface area contributed by atoms with E-state index < -0.39 is 11.8 Å². The Balaban J connectivity index is 1.50. The summed E-state index contributed by atoms with van der Waals surface area (Å²) in [6, 6.07) is 23.4. The molecule has 0 saturated carbocycles. The molecule has 3 atom stereocenters. The van der Waals surface area contributed by atoms with Gasteiger partial charge in [-0.15, -0.1) is 0 Å². The third-order valence-corrected chi connectivity index (χ3v) is 8.23. The lowest BCUT2D eigenvalue weighted by Gasteiger charge is -2.36. The minimum absolute atomic E-state index is 0.00995. The summed E-state index contributed by atoms with van der Waals surface area (Å²) < 4.78 is 22.8. The first-order valence-electron chi connectivity index (χ1n) is 14.9. The molecule has 3 aromatic carbocycles. The third kappa shape index (κ3) is 6.66. The van der Waals surface area contributed by atoms with Crippen LogP contribution in [0.15, 0.2) is 89.1 Å². The van der Waals surface area contributed by atoms with Crippen molar-refractivity contribution in [2.24, 2.45) is 10.9 Å². The van der Waals surface area contributed by atoms with E-state index in [0.29, 0.717) is 54.6 Å². The number of unbranched alkanes of at least 4 members (excludes halogenated alkanes) is 1. The molecule has 1 unspecified atom stereocenters. The number of carbonyl (C=O) groups excluding carboxylic acids is 2. The quantitative estimate of drug-likeness (QED) is 0.176. The summed E-state index contributed by atoms with van der Waals surface area (Å²) in [7, 11) is 3.20. The van der Waals surface area contributed by atoms with E-state index in [1.54, 1.807) is 14.2 Å². The average molecular weight is 582 g/mol. The standard InChI is InChI=1S/C36H39NO6/c1-5-6-17-42-36(39)33-23(2)37-29-19-27(25-15-16-31(40-3)32(21-25)41-4)20-30(38)35(29)34(33)26-13-10-14-28(18-26)43-22-24-11-8-7-9-12-24/h7-16,18,21,27,33-34H,5-6,17,19-20,22H2,1-4H3/t27-,33?,34+/m1/s1. The van der Waals surface area contributed by atoms with Crippen molar-refractivity contribution < 1.29 is 28.5 Å². The van der Waals surface area contributed by atoms with Crippen molar-refractivity contribution in [3.63, 3.8) is 0 Å². The van der Waals surface area contributed by atoms with Crippen LogP contribution in [0.2, 0.25) is 0 Å². The van der Waals surface area contributed by atoms with Gasteiger partial charge in [-0.05, 0) is 66.6 Å². The van der Waals surface area contributed by atoms with Gasteiger partial charge in [-0.3, -0.25) is 14.6 Å². The number of esters is 1. The van der Waals surface area contributed by atoms with E-state index in [2.05, 4.69) is 6.92 Å². The Bertz CT molecular complexity index is 1530. The molecular weight excluding hydrogens is 542 g/mol. The number of allylic oxidation sites excluding steroid dienone is 2. The summed E-state index contributed by atoms with van der Waals surface area (Å²) in [6.45, 7) is 4.67. The van der Waals surface area contributed by atoms with Gasteiger partial charge < -0.3 is 18.9 Å². The van der Waals surface area contributed by atoms with Crippen LogP contribution in [-0.4, -0.2) is 38.3 Å². The maximum Gasteiger partial charge on any atom is 0.315 e. The Morgan fingerprint density at radius 2 is 1.70 bits per heavy atom. The lowest BCUT2D eigenvalue weighted by atomic mass is 9.69. The van der Waals surface area contributed by atoms with E-state index in [9.17, 15) is 9.59 Å². The van der Waals surface area contributed by atoms with E-state index in [1.807, 2.05) is 79.7 Å². The molecule has 1 aliphatic heterocycles. The van der Waals surface area contributed by atoms with Crippen LogP contribution in [0.4, 0.5) is 0 Å². The molecule has 0 bridgehead atoms. The van der Waals surface area contributed by atoms with Crippen LogP contribution in [0.3, 0.4) is 0 Å². The SMILES string of the molecule is CCCCOC(=O)C1C(C)=NC2=C(C(=O)C[C@H](c3ccc(OC)c(OC)c3)C2)[C@H]1c1cccc(OCc2ccccc2)c1. The molecule has 7 heteroatoms. The fourth-order valence-corrected chi connectivity index (χ4v) is 6.01. The second-order valence-electron chi connectivity index (χ2n) is 11.1. The van der Waals surface area contributed by atoms with Gasteiger partial charge in [0.25, 0.3) is 0 Å². The van der Waals surface area contributed by atoms with Gasteiger partial charge in [0.2, 0.25) is 0 Å². The highest BCUT2D eigenvalue weighted by atomic mass is 16.5. The monoisotopic (exact) mass is 581 g/mol. The molecule has 0 amide bonds. The number of ether oxygens (including phenoxy) is 4. The van der Waals surface area contributed by atoms with Gasteiger partial charge in [0.05, 0.1) is 20.8 Å². The molecule has 7 nitrogen and oxygen atoms in total. The van der Waals surface area contributed by atoms with Crippen molar-refractivity contribution >= 4 is 17.5 Å². The Labute approximate surface area is 253 Å². The molecule has 43 heavy (non-hydrogen) atoms. The Kier molecular flexibility index (Phi) is 9.60. The van der Waals surface area contributed by atoms with Gasteiger partial charge >= 0.3 is 5.97 Å². The second kappa shape index (κ2) is 13.7. The minimum atomic E-state index is -0.693. The first-order valence-corrected chi connectivity index (χ1v) is 14.9. The van der Waals surface area contributed by atoms with E-state index in [4.69, 9.17) is 23.9 Å². The number of carbonyl (C=O) groups is 2. The number of hydrogen-bond acceptors (Lipinski definition) is 7. The van der Waals surface area contributed by atoms with E-state index >= 15 is 0 Å². The smallest absolute Gasteiger partial charge is 0.315 e. The zero-order valence-corrected chi connectivity index (χ0v) is 25.3. The van der Waals surface area contributed by atoms with Crippen molar-refractivity contribution in [3.05, 3.63) is 101 Å². The second-order valence-corrected chi connectivity index (χ2v) is 11.1. The van der Waals surface area contributed by atoms with E-state index in [0.717, 1.165) is 35.2 Å². The molecular formula is C36H39NO6. The van der Waals surface area contributed by atoms with Crippen molar-refractivity contribution in [2.75, 3.05) is 20.8 Å². The maximum absolute atomic E-state index is 14.0. The van der Waals surface area contributed by atoms with Gasteiger partial charge in [0, 0.05) is 29.3 Å². The Morgan fingerprint density at radius 1 is 0.907 bits per heavy atom. The zero-order chi connectivity index (χ0) is 30.3. The molecule has 5 rings (SSSR count). The lowest BCUT2D eigenvalue weighted by molar-refractivity contribution is -0.146. The zero-order valence-electron chi connectivity index (χ0n) is 25.3. The number of aliphatic imine (C=N–C) groups is 1. The summed E-state index contributed by atoms with van der Waals surface area (Å²) in [6.07, 6.45) is 2.58. The fraction of sp³-hybridized carbons (Fsp3) is 0.361. The van der Waals surface area contributed by atoms with Gasteiger partial charge in [0.1, 0.15) is 18.3 Å². The van der Waals surface area contributed by atoms with Crippen LogP contribution in [0, 0.1) is 5.92 Å². The number of rotatable bonds is 11. The Morgan fingerprint density at radius 3 is 2.44 bits per heavy atom. The highest BCUT2D eigenvalue weighted by molar-refractivity contribution is 6.09. The summed E-state index contributed by atoms with van der Waals surface area (Å²) in [4.78, 5) is 32.5. The van der Waals surface area contributed by atoms with Gasteiger partial charge in [-0.1, -0.05) is 61.9 Å². The number of hydrogen-bond donors (Lipinski definition) is 0. The molecule has 0 spiro atoms. The van der Waals surface area contributed by atoms with Crippen molar-refractivity contribution in [1.82, 2.24) is 0 Å². The number of benzene rings is 3. The highest BCUT2D eigenvalue weighted by Crippen LogP contribution is 2.48. The molecule has 1 aliphatic carbocycles. The van der Waals surface area contributed by atoms with Gasteiger partial charge in [0.15, 0.2) is 17.3 Å². The number of ketones is 1. The number of nitrogens with zero attached hydrogens (tertiary/aromatic N) is 1. The number of methoxy groups -OCH3 is 2. The average Bonchev–Trinajstić information content (AvgIpc) is 3.03. The van der Waals surface area contributed by atoms with Crippen molar-refractivity contribution in [2.45, 2.75) is 58.0 Å². The normalized spacial score (nSPS) is 19.8. The highest BCUT2D eigenvalue weighted by Gasteiger charge is 2.45. The molecule has 0 aromatic heterocycles. The Hall–Kier alpha value is -4.39. The third-order valence-electron chi connectivity index (χ3n) is 8.23. The molecule has 0 saturated heterocycles. The summed E-state index contributed by atoms with van der Waals surface area (Å²) in [5.41, 5.74) is 4.86.